The van der Waals surface area contributed by atoms with Gasteiger partial charge in [-0.2, -0.15) is 0 Å². The zero-order chi connectivity index (χ0) is 12.5. The lowest BCUT2D eigenvalue weighted by atomic mass is 9.75. The number of nitrogens with zero attached hydrogens (tertiary/aromatic N) is 1. The van der Waals surface area contributed by atoms with Gasteiger partial charge in [0.1, 0.15) is 5.69 Å². The Morgan fingerprint density at radius 2 is 2.11 bits per heavy atom. The molecule has 0 aliphatic heterocycles. The zero-order valence-corrected chi connectivity index (χ0v) is 10.5. The average molecular weight is 258 g/mol. The predicted octanol–water partition coefficient (Wildman–Crippen LogP) is 3.65. The molecule has 0 spiro atoms. The van der Waals surface area contributed by atoms with Crippen LogP contribution in [-0.2, 0) is 6.42 Å². The van der Waals surface area contributed by atoms with Crippen LogP contribution in [-0.4, -0.2) is 10.8 Å². The molecule has 0 bridgehead atoms. The van der Waals surface area contributed by atoms with Gasteiger partial charge in [-0.3, -0.25) is 9.78 Å². The van der Waals surface area contributed by atoms with Crippen LogP contribution >= 0.6 is 11.6 Å². The fourth-order valence-corrected chi connectivity index (χ4v) is 2.68. The van der Waals surface area contributed by atoms with Crippen LogP contribution in [0.2, 0.25) is 5.02 Å². The van der Waals surface area contributed by atoms with Crippen LogP contribution in [0.1, 0.15) is 34.0 Å². The maximum absolute atomic E-state index is 12.1. The van der Waals surface area contributed by atoms with E-state index in [-0.39, 0.29) is 5.78 Å². The van der Waals surface area contributed by atoms with Gasteiger partial charge < -0.3 is 0 Å². The molecule has 90 valence electrons. The Labute approximate surface area is 111 Å². The van der Waals surface area contributed by atoms with Crippen LogP contribution in [0, 0.1) is 0 Å². The first-order valence-corrected chi connectivity index (χ1v) is 6.35. The van der Waals surface area contributed by atoms with Gasteiger partial charge in [0, 0.05) is 12.6 Å². The third kappa shape index (κ3) is 1.93. The molecule has 0 radical (unpaired) electrons. The molecule has 2 nitrogen and oxygen atoms in total. The lowest BCUT2D eigenvalue weighted by Gasteiger charge is -2.29. The van der Waals surface area contributed by atoms with Gasteiger partial charge in [-0.05, 0) is 35.6 Å². The summed E-state index contributed by atoms with van der Waals surface area (Å²) in [6, 6.07) is 11.7. The van der Waals surface area contributed by atoms with Gasteiger partial charge in [0.15, 0.2) is 5.78 Å². The summed E-state index contributed by atoms with van der Waals surface area (Å²) in [5.74, 6) is 0.354. The Kier molecular flexibility index (Phi) is 2.88. The molecule has 0 amide bonds. The summed E-state index contributed by atoms with van der Waals surface area (Å²) in [5, 5.41) is 0.440. The van der Waals surface area contributed by atoms with E-state index < -0.39 is 0 Å². The highest BCUT2D eigenvalue weighted by Crippen LogP contribution is 2.38. The van der Waals surface area contributed by atoms with E-state index in [2.05, 4.69) is 17.1 Å². The fourth-order valence-electron chi connectivity index (χ4n) is 2.46. The molecular formula is C15H12ClNO. The van der Waals surface area contributed by atoms with Crippen LogP contribution in [0.5, 0.6) is 0 Å². The van der Waals surface area contributed by atoms with Crippen LogP contribution in [0.3, 0.4) is 0 Å². The maximum atomic E-state index is 12.1. The molecule has 3 heteroatoms. The zero-order valence-electron chi connectivity index (χ0n) is 9.77. The second-order valence-corrected chi connectivity index (χ2v) is 4.97. The predicted molar refractivity (Wildman–Crippen MR) is 71.1 cm³/mol. The summed E-state index contributed by atoms with van der Waals surface area (Å²) in [5.41, 5.74) is 3.03. The van der Waals surface area contributed by atoms with Crippen molar-refractivity contribution in [2.24, 2.45) is 0 Å². The lowest BCUT2D eigenvalue weighted by Crippen LogP contribution is -2.20. The van der Waals surface area contributed by atoms with Gasteiger partial charge >= 0.3 is 0 Å². The van der Waals surface area contributed by atoms with Crippen molar-refractivity contribution in [1.29, 1.82) is 0 Å². The summed E-state index contributed by atoms with van der Waals surface area (Å²) in [6.07, 6.45) is 3.08. The number of rotatable bonds is 3. The van der Waals surface area contributed by atoms with Crippen LogP contribution in [0.4, 0.5) is 0 Å². The van der Waals surface area contributed by atoms with Crippen molar-refractivity contribution in [2.75, 3.05) is 0 Å². The van der Waals surface area contributed by atoms with E-state index in [4.69, 9.17) is 11.6 Å². The summed E-state index contributed by atoms with van der Waals surface area (Å²) in [7, 11) is 0. The van der Waals surface area contributed by atoms with Crippen molar-refractivity contribution in [1.82, 2.24) is 4.98 Å². The van der Waals surface area contributed by atoms with E-state index in [0.29, 0.717) is 23.1 Å². The van der Waals surface area contributed by atoms with Crippen molar-refractivity contribution in [3.63, 3.8) is 0 Å². The Bertz CT molecular complexity index is 609. The summed E-state index contributed by atoms with van der Waals surface area (Å²) in [4.78, 5) is 16.2. The monoisotopic (exact) mass is 257 g/mol. The average Bonchev–Trinajstić information content (AvgIpc) is 2.36. The summed E-state index contributed by atoms with van der Waals surface area (Å²) < 4.78 is 0. The molecular weight excluding hydrogens is 246 g/mol. The molecule has 1 unspecified atom stereocenters. The second kappa shape index (κ2) is 4.54. The first kappa shape index (κ1) is 11.4. The number of fused-ring (bicyclic) bond motifs is 1. The smallest absolute Gasteiger partial charge is 0.183 e. The number of aromatic nitrogens is 1. The van der Waals surface area contributed by atoms with E-state index in [9.17, 15) is 4.79 Å². The van der Waals surface area contributed by atoms with E-state index >= 15 is 0 Å². The molecule has 0 saturated carbocycles. The Morgan fingerprint density at radius 1 is 1.28 bits per heavy atom. The minimum Gasteiger partial charge on any atom is -0.292 e. The van der Waals surface area contributed by atoms with E-state index in [0.717, 1.165) is 6.42 Å². The molecule has 18 heavy (non-hydrogen) atoms. The van der Waals surface area contributed by atoms with Gasteiger partial charge in [0.25, 0.3) is 0 Å². The number of halogens is 1. The first-order valence-electron chi connectivity index (χ1n) is 5.97. The van der Waals surface area contributed by atoms with Crippen LogP contribution < -0.4 is 0 Å². The first-order chi connectivity index (χ1) is 8.75. The molecule has 1 aliphatic carbocycles. The Morgan fingerprint density at radius 3 is 2.89 bits per heavy atom. The van der Waals surface area contributed by atoms with Crippen LogP contribution in [0.25, 0.3) is 0 Å². The second-order valence-electron chi connectivity index (χ2n) is 4.56. The van der Waals surface area contributed by atoms with Crippen molar-refractivity contribution < 1.29 is 4.79 Å². The minimum absolute atomic E-state index is 0.0279. The summed E-state index contributed by atoms with van der Waals surface area (Å²) >= 11 is 5.98. The third-order valence-electron chi connectivity index (χ3n) is 3.42. The largest absolute Gasteiger partial charge is 0.292 e. The minimum atomic E-state index is 0.0279. The third-order valence-corrected chi connectivity index (χ3v) is 3.72. The maximum Gasteiger partial charge on any atom is 0.183 e. The van der Waals surface area contributed by atoms with Crippen molar-refractivity contribution >= 4 is 17.4 Å². The van der Waals surface area contributed by atoms with Gasteiger partial charge in [-0.1, -0.05) is 35.9 Å². The topological polar surface area (TPSA) is 30.0 Å². The highest BCUT2D eigenvalue weighted by molar-refractivity contribution is 6.33. The quantitative estimate of drug-likeness (QED) is 0.786. The normalized spacial score (nSPS) is 16.8. The molecule has 1 aromatic carbocycles. The molecule has 1 aromatic heterocycles. The Balaban J connectivity index is 1.76. The van der Waals surface area contributed by atoms with Crippen LogP contribution in [0.15, 0.2) is 42.6 Å². The van der Waals surface area contributed by atoms with Gasteiger partial charge in [-0.25, -0.2) is 0 Å². The lowest BCUT2D eigenvalue weighted by molar-refractivity contribution is 0.0966. The molecule has 2 aromatic rings. The molecule has 1 atom stereocenters. The SMILES string of the molecule is O=C(CC1Cc2ccccc21)c1ncccc1Cl. The number of carbonyl (C=O) groups excluding carboxylic acids is 1. The highest BCUT2D eigenvalue weighted by atomic mass is 35.5. The van der Waals surface area contributed by atoms with E-state index in [1.807, 2.05) is 12.1 Å². The van der Waals surface area contributed by atoms with Gasteiger partial charge in [-0.15, -0.1) is 0 Å². The number of hydrogen-bond acceptors (Lipinski definition) is 2. The number of ketones is 1. The number of Topliss-reactive ketones (excluding diaryl/α,β-unsaturated/α-hetero) is 1. The number of carbonyl (C=O) groups is 1. The standard InChI is InChI=1S/C15H12ClNO/c16-13-6-3-7-17-15(13)14(18)9-11-8-10-4-1-2-5-12(10)11/h1-7,11H,8-9H2. The number of benzene rings is 1. The number of hydrogen-bond donors (Lipinski definition) is 0. The molecule has 1 aliphatic rings. The Hall–Kier alpha value is -1.67. The highest BCUT2D eigenvalue weighted by Gasteiger charge is 2.28. The van der Waals surface area contributed by atoms with Crippen molar-refractivity contribution in [3.05, 3.63) is 64.4 Å². The van der Waals surface area contributed by atoms with E-state index in [1.165, 1.54) is 11.1 Å². The molecule has 3 rings (SSSR count). The van der Waals surface area contributed by atoms with Crippen molar-refractivity contribution in [3.8, 4) is 0 Å². The summed E-state index contributed by atoms with van der Waals surface area (Å²) in [6.45, 7) is 0. The number of pyridine rings is 1. The van der Waals surface area contributed by atoms with Gasteiger partial charge in [0.2, 0.25) is 0 Å². The molecule has 0 saturated heterocycles. The van der Waals surface area contributed by atoms with Crippen molar-refractivity contribution in [2.45, 2.75) is 18.8 Å². The van der Waals surface area contributed by atoms with E-state index in [1.54, 1.807) is 18.3 Å². The molecule has 0 fully saturated rings. The van der Waals surface area contributed by atoms with Gasteiger partial charge in [0.05, 0.1) is 5.02 Å². The fraction of sp³-hybridized carbons (Fsp3) is 0.200. The molecule has 1 heterocycles. The molecule has 0 N–H and O–H groups in total.